The van der Waals surface area contributed by atoms with E-state index in [9.17, 15) is 21.6 Å². The van der Waals surface area contributed by atoms with Gasteiger partial charge in [-0.1, -0.05) is 19.4 Å². The van der Waals surface area contributed by atoms with Crippen molar-refractivity contribution >= 4 is 10.1 Å². The first-order valence-corrected chi connectivity index (χ1v) is 7.26. The van der Waals surface area contributed by atoms with Gasteiger partial charge in [-0.25, -0.2) is 0 Å². The van der Waals surface area contributed by atoms with E-state index in [2.05, 4.69) is 4.18 Å². The van der Waals surface area contributed by atoms with Crippen LogP contribution in [0.4, 0.5) is 13.2 Å². The maximum absolute atomic E-state index is 12.2. The third kappa shape index (κ3) is 2.86. The van der Waals surface area contributed by atoms with E-state index in [4.69, 9.17) is 0 Å². The van der Waals surface area contributed by atoms with Crippen molar-refractivity contribution in [1.29, 1.82) is 0 Å². The molecule has 0 radical (unpaired) electrons. The molecule has 0 aromatic heterocycles. The van der Waals surface area contributed by atoms with Crippen molar-refractivity contribution < 1.29 is 25.8 Å². The van der Waals surface area contributed by atoms with E-state index in [1.54, 1.807) is 6.07 Å². The van der Waals surface area contributed by atoms with E-state index in [1.165, 1.54) is 12.1 Å². The zero-order valence-corrected chi connectivity index (χ0v) is 11.0. The summed E-state index contributed by atoms with van der Waals surface area (Å²) in [5.74, 6) is 0.178. The highest BCUT2D eigenvalue weighted by molar-refractivity contribution is 7.87. The first-order valence-electron chi connectivity index (χ1n) is 5.85. The summed E-state index contributed by atoms with van der Waals surface area (Å²) in [6.07, 6.45) is 2.60. The number of hydrogen-bond donors (Lipinski definition) is 0. The maximum Gasteiger partial charge on any atom is 0.534 e. The minimum absolute atomic E-state index is 0.284. The van der Waals surface area contributed by atoms with Crippen LogP contribution in [0.1, 0.15) is 24.5 Å². The molecule has 19 heavy (non-hydrogen) atoms. The van der Waals surface area contributed by atoms with Gasteiger partial charge in [0.05, 0.1) is 0 Å². The Hall–Kier alpha value is -1.24. The Balaban J connectivity index is 2.22. The number of fused-ring (bicyclic) bond motifs is 1. The molecule has 1 aromatic rings. The molecule has 1 aliphatic rings. The average Bonchev–Trinajstić information content (AvgIpc) is 2.69. The van der Waals surface area contributed by atoms with E-state index >= 15 is 0 Å². The number of hydrogen-bond acceptors (Lipinski definition) is 3. The highest BCUT2D eigenvalue weighted by Gasteiger charge is 2.48. The predicted octanol–water partition coefficient (Wildman–Crippen LogP) is 3.04. The van der Waals surface area contributed by atoms with Crippen molar-refractivity contribution in [2.45, 2.75) is 31.7 Å². The van der Waals surface area contributed by atoms with Crippen molar-refractivity contribution in [3.05, 3.63) is 29.3 Å². The van der Waals surface area contributed by atoms with Crippen LogP contribution in [0, 0.1) is 5.92 Å². The van der Waals surface area contributed by atoms with Gasteiger partial charge >= 0.3 is 15.6 Å². The van der Waals surface area contributed by atoms with Gasteiger partial charge in [0.25, 0.3) is 0 Å². The Morgan fingerprint density at radius 1 is 1.26 bits per heavy atom. The lowest BCUT2D eigenvalue weighted by Crippen LogP contribution is -2.28. The molecule has 1 aromatic carbocycles. The highest BCUT2D eigenvalue weighted by Crippen LogP contribution is 2.33. The van der Waals surface area contributed by atoms with Gasteiger partial charge in [0, 0.05) is 0 Å². The first kappa shape index (κ1) is 14.2. The Morgan fingerprint density at radius 3 is 2.47 bits per heavy atom. The summed E-state index contributed by atoms with van der Waals surface area (Å²) in [6.45, 7) is 2.04. The third-order valence-electron chi connectivity index (χ3n) is 3.26. The summed E-state index contributed by atoms with van der Waals surface area (Å²) in [7, 11) is -5.59. The lowest BCUT2D eigenvalue weighted by Gasteiger charge is -2.10. The van der Waals surface area contributed by atoms with Gasteiger partial charge in [-0.05, 0) is 42.0 Å². The zero-order valence-electron chi connectivity index (χ0n) is 10.2. The van der Waals surface area contributed by atoms with Crippen LogP contribution in [0.25, 0.3) is 0 Å². The van der Waals surface area contributed by atoms with Gasteiger partial charge in [-0.15, -0.1) is 0 Å². The summed E-state index contributed by atoms with van der Waals surface area (Å²) in [5, 5.41) is 0. The van der Waals surface area contributed by atoms with Crippen LogP contribution in [0.5, 0.6) is 5.75 Å². The van der Waals surface area contributed by atoms with Gasteiger partial charge in [0.1, 0.15) is 5.75 Å². The summed E-state index contributed by atoms with van der Waals surface area (Å²) in [5.41, 5.74) is -3.50. The molecule has 0 heterocycles. The maximum atomic E-state index is 12.2. The molecule has 0 saturated heterocycles. The molecule has 0 spiro atoms. The van der Waals surface area contributed by atoms with E-state index < -0.39 is 15.6 Å². The molecule has 0 N–H and O–H groups in total. The van der Waals surface area contributed by atoms with Crippen LogP contribution in [0.3, 0.4) is 0 Å². The topological polar surface area (TPSA) is 43.4 Å². The zero-order chi connectivity index (χ0) is 14.3. The fourth-order valence-corrected chi connectivity index (χ4v) is 2.65. The molecule has 1 atom stereocenters. The lowest BCUT2D eigenvalue weighted by atomic mass is 10.0. The largest absolute Gasteiger partial charge is 0.534 e. The van der Waals surface area contributed by atoms with Gasteiger partial charge in [-0.3, -0.25) is 0 Å². The van der Waals surface area contributed by atoms with E-state index in [0.29, 0.717) is 5.92 Å². The van der Waals surface area contributed by atoms with Crippen molar-refractivity contribution in [2.75, 3.05) is 0 Å². The fourth-order valence-electron chi connectivity index (χ4n) is 2.20. The number of benzene rings is 1. The molecule has 2 rings (SSSR count). The summed E-state index contributed by atoms with van der Waals surface area (Å²) < 4.78 is 62.5. The molecule has 0 amide bonds. The normalized spacial score (nSPS) is 19.3. The Labute approximate surface area is 109 Å². The van der Waals surface area contributed by atoms with Crippen LogP contribution in [0.2, 0.25) is 0 Å². The Morgan fingerprint density at radius 2 is 1.89 bits per heavy atom. The van der Waals surface area contributed by atoms with Crippen molar-refractivity contribution in [3.8, 4) is 5.75 Å². The molecule has 0 bridgehead atoms. The first-order chi connectivity index (χ1) is 8.73. The van der Waals surface area contributed by atoms with Crippen molar-refractivity contribution in [3.63, 3.8) is 0 Å². The number of alkyl halides is 3. The van der Waals surface area contributed by atoms with Gasteiger partial charge in [0.15, 0.2) is 0 Å². The summed E-state index contributed by atoms with van der Waals surface area (Å²) in [6, 6.07) is 4.28. The summed E-state index contributed by atoms with van der Waals surface area (Å²) >= 11 is 0. The molecule has 0 saturated carbocycles. The second kappa shape index (κ2) is 4.70. The molecule has 7 heteroatoms. The monoisotopic (exact) mass is 294 g/mol. The van der Waals surface area contributed by atoms with Crippen LogP contribution < -0.4 is 4.18 Å². The molecule has 1 unspecified atom stereocenters. The minimum Gasteiger partial charge on any atom is -0.376 e. The number of rotatable bonds is 3. The molecular weight excluding hydrogens is 281 g/mol. The van der Waals surface area contributed by atoms with E-state index in [0.717, 1.165) is 30.4 Å². The van der Waals surface area contributed by atoms with E-state index in [1.807, 2.05) is 6.92 Å². The lowest BCUT2D eigenvalue weighted by molar-refractivity contribution is -0.0500. The molecular formula is C12H13F3O3S. The quantitative estimate of drug-likeness (QED) is 0.635. The van der Waals surface area contributed by atoms with Crippen molar-refractivity contribution in [1.82, 2.24) is 0 Å². The molecule has 106 valence electrons. The van der Waals surface area contributed by atoms with Crippen LogP contribution in [0.15, 0.2) is 18.2 Å². The highest BCUT2D eigenvalue weighted by atomic mass is 32.2. The van der Waals surface area contributed by atoms with Crippen LogP contribution in [-0.4, -0.2) is 13.9 Å². The molecule has 1 aliphatic carbocycles. The Bertz CT molecular complexity index is 578. The van der Waals surface area contributed by atoms with Crippen LogP contribution >= 0.6 is 0 Å². The second-order valence-corrected chi connectivity index (χ2v) is 6.13. The van der Waals surface area contributed by atoms with Crippen molar-refractivity contribution in [2.24, 2.45) is 5.92 Å². The van der Waals surface area contributed by atoms with Gasteiger partial charge in [0.2, 0.25) is 0 Å². The molecule has 0 aliphatic heterocycles. The van der Waals surface area contributed by atoms with Crippen LogP contribution in [-0.2, 0) is 23.0 Å². The molecule has 0 fully saturated rings. The SMILES string of the molecule is CCC1Cc2ccc(OS(=O)(=O)C(F)(F)F)cc2C1. The smallest absolute Gasteiger partial charge is 0.376 e. The average molecular weight is 294 g/mol. The molecule has 3 nitrogen and oxygen atoms in total. The fraction of sp³-hybridized carbons (Fsp3) is 0.500. The third-order valence-corrected chi connectivity index (χ3v) is 4.24. The minimum atomic E-state index is -5.59. The Kier molecular flexibility index (Phi) is 3.51. The predicted molar refractivity (Wildman–Crippen MR) is 63.2 cm³/mol. The second-order valence-electron chi connectivity index (χ2n) is 4.60. The standard InChI is InChI=1S/C12H13F3O3S/c1-2-8-5-9-3-4-11(7-10(9)6-8)18-19(16,17)12(13,14)15/h3-4,7-8H,2,5-6H2,1H3. The van der Waals surface area contributed by atoms with Gasteiger partial charge < -0.3 is 4.18 Å². The summed E-state index contributed by atoms with van der Waals surface area (Å²) in [4.78, 5) is 0. The van der Waals surface area contributed by atoms with E-state index in [-0.39, 0.29) is 5.75 Å². The van der Waals surface area contributed by atoms with Gasteiger partial charge in [-0.2, -0.15) is 21.6 Å². The number of halogens is 3.